The Bertz CT molecular complexity index is 115. The molecule has 0 amide bonds. The molecule has 0 heterocycles. The van der Waals surface area contributed by atoms with Crippen molar-refractivity contribution in [2.24, 2.45) is 5.92 Å². The lowest BCUT2D eigenvalue weighted by molar-refractivity contribution is -0.0487. The number of hydrogen-bond donors (Lipinski definition) is 0. The Morgan fingerprint density at radius 1 is 1.27 bits per heavy atom. The second kappa shape index (κ2) is 3.48. The van der Waals surface area contributed by atoms with Crippen molar-refractivity contribution < 1.29 is 13.9 Å². The van der Waals surface area contributed by atoms with Gasteiger partial charge in [0.1, 0.15) is 0 Å². The van der Waals surface area contributed by atoms with E-state index in [0.29, 0.717) is 19.3 Å². The average Bonchev–Trinajstić information content (AvgIpc) is 1.94. The summed E-state index contributed by atoms with van der Waals surface area (Å²) in [6.07, 6.45) is 1.62. The fourth-order valence-corrected chi connectivity index (χ4v) is 1.56. The summed E-state index contributed by atoms with van der Waals surface area (Å²) in [4.78, 5) is 0. The van der Waals surface area contributed by atoms with E-state index in [1.54, 1.807) is 0 Å². The lowest BCUT2D eigenvalue weighted by Gasteiger charge is -2.27. The van der Waals surface area contributed by atoms with Crippen LogP contribution in [-0.2, 0) is 5.11 Å². The van der Waals surface area contributed by atoms with Gasteiger partial charge in [0, 0.05) is 12.8 Å². The van der Waals surface area contributed by atoms with Crippen LogP contribution in [0, 0.1) is 5.92 Å². The molecule has 0 aromatic heterocycles. The van der Waals surface area contributed by atoms with Crippen LogP contribution in [0.2, 0.25) is 0 Å². The molecule has 0 spiro atoms. The zero-order valence-corrected chi connectivity index (χ0v) is 6.48. The van der Waals surface area contributed by atoms with Crippen LogP contribution in [0.25, 0.3) is 0 Å². The quantitative estimate of drug-likeness (QED) is 0.596. The molecular weight excluding hydrogens is 150 g/mol. The monoisotopic (exact) mass is 163 g/mol. The van der Waals surface area contributed by atoms with E-state index in [1.807, 2.05) is 0 Å². The van der Waals surface area contributed by atoms with Gasteiger partial charge in [-0.05, 0) is 25.2 Å². The molecule has 0 unspecified atom stereocenters. The second-order valence-corrected chi connectivity index (χ2v) is 3.29. The molecule has 1 rings (SSSR count). The Labute approximate surface area is 65.4 Å². The van der Waals surface area contributed by atoms with Gasteiger partial charge >= 0.3 is 0 Å². The maximum absolute atomic E-state index is 12.5. The van der Waals surface area contributed by atoms with Gasteiger partial charge in [0.05, 0.1) is 6.61 Å². The highest BCUT2D eigenvalue weighted by Crippen LogP contribution is 2.37. The maximum atomic E-state index is 12.5. The number of alkyl halides is 2. The van der Waals surface area contributed by atoms with Crippen LogP contribution >= 0.6 is 0 Å². The number of halogens is 2. The molecule has 1 saturated carbocycles. The van der Waals surface area contributed by atoms with Crippen LogP contribution in [0.15, 0.2) is 0 Å². The lowest BCUT2D eigenvalue weighted by atomic mass is 9.85. The van der Waals surface area contributed by atoms with Crippen molar-refractivity contribution >= 4 is 0 Å². The molecule has 0 saturated heterocycles. The molecule has 11 heavy (non-hydrogen) atoms. The minimum absolute atomic E-state index is 0.0162. The first-order valence-corrected chi connectivity index (χ1v) is 4.10. The van der Waals surface area contributed by atoms with E-state index < -0.39 is 5.92 Å². The van der Waals surface area contributed by atoms with Crippen LogP contribution in [0.1, 0.15) is 32.1 Å². The molecule has 0 aromatic carbocycles. The summed E-state index contributed by atoms with van der Waals surface area (Å²) in [6, 6.07) is 0. The van der Waals surface area contributed by atoms with E-state index in [4.69, 9.17) is 0 Å². The molecule has 1 nitrogen and oxygen atoms in total. The van der Waals surface area contributed by atoms with Gasteiger partial charge in [-0.2, -0.15) is 0 Å². The maximum Gasteiger partial charge on any atom is 0.248 e. The number of rotatable bonds is 2. The van der Waals surface area contributed by atoms with Gasteiger partial charge < -0.3 is 0 Å². The predicted octanol–water partition coefficient (Wildman–Crippen LogP) is 2.63. The SMILES string of the molecule is [O]CCC1CCC(F)(F)CC1. The van der Waals surface area contributed by atoms with Gasteiger partial charge in [0.25, 0.3) is 0 Å². The Balaban J connectivity index is 2.25. The summed E-state index contributed by atoms with van der Waals surface area (Å²) in [5.41, 5.74) is 0. The van der Waals surface area contributed by atoms with Gasteiger partial charge in [-0.25, -0.2) is 13.9 Å². The summed E-state index contributed by atoms with van der Waals surface area (Å²) in [5.74, 6) is -2.17. The standard InChI is InChI=1S/C8H13F2O/c9-8(10)4-1-7(2-5-8)3-6-11/h7H,1-6H2. The highest BCUT2D eigenvalue weighted by Gasteiger charge is 2.34. The smallest absolute Gasteiger partial charge is 0.237 e. The molecule has 1 radical (unpaired) electrons. The molecule has 0 N–H and O–H groups in total. The van der Waals surface area contributed by atoms with Crippen molar-refractivity contribution in [1.29, 1.82) is 0 Å². The fraction of sp³-hybridized carbons (Fsp3) is 1.00. The fourth-order valence-electron chi connectivity index (χ4n) is 1.56. The van der Waals surface area contributed by atoms with Gasteiger partial charge in [0.2, 0.25) is 5.92 Å². The van der Waals surface area contributed by atoms with E-state index in [2.05, 4.69) is 0 Å². The summed E-state index contributed by atoms with van der Waals surface area (Å²) < 4.78 is 25.1. The van der Waals surface area contributed by atoms with Crippen molar-refractivity contribution in [3.8, 4) is 0 Å². The zero-order valence-electron chi connectivity index (χ0n) is 6.48. The third-order valence-corrected chi connectivity index (χ3v) is 2.36. The highest BCUT2D eigenvalue weighted by molar-refractivity contribution is 4.77. The topological polar surface area (TPSA) is 19.9 Å². The molecule has 65 valence electrons. The van der Waals surface area contributed by atoms with E-state index in [1.165, 1.54) is 0 Å². The van der Waals surface area contributed by atoms with Crippen LogP contribution in [0.4, 0.5) is 8.78 Å². The first-order chi connectivity index (χ1) is 5.14. The van der Waals surface area contributed by atoms with Crippen LogP contribution in [0.5, 0.6) is 0 Å². The third-order valence-electron chi connectivity index (χ3n) is 2.36. The zero-order chi connectivity index (χ0) is 8.32. The largest absolute Gasteiger partial charge is 0.248 e. The summed E-state index contributed by atoms with van der Waals surface area (Å²) in [5, 5.41) is 10.2. The molecule has 3 heteroatoms. The molecule has 0 atom stereocenters. The van der Waals surface area contributed by atoms with Crippen molar-refractivity contribution in [2.75, 3.05) is 6.61 Å². The third kappa shape index (κ3) is 2.73. The van der Waals surface area contributed by atoms with Crippen molar-refractivity contribution in [1.82, 2.24) is 0 Å². The van der Waals surface area contributed by atoms with E-state index in [-0.39, 0.29) is 25.4 Å². The molecule has 0 bridgehead atoms. The molecular formula is C8H13F2O. The summed E-state index contributed by atoms with van der Waals surface area (Å²) >= 11 is 0. The van der Waals surface area contributed by atoms with E-state index in [0.717, 1.165) is 0 Å². The van der Waals surface area contributed by atoms with Gasteiger partial charge in [-0.15, -0.1) is 0 Å². The minimum Gasteiger partial charge on any atom is -0.237 e. The normalized spacial score (nSPS) is 25.4. The Morgan fingerprint density at radius 3 is 2.27 bits per heavy atom. The Morgan fingerprint density at radius 2 is 1.82 bits per heavy atom. The predicted molar refractivity (Wildman–Crippen MR) is 37.1 cm³/mol. The molecule has 0 aromatic rings. The highest BCUT2D eigenvalue weighted by atomic mass is 19.3. The van der Waals surface area contributed by atoms with E-state index >= 15 is 0 Å². The first-order valence-electron chi connectivity index (χ1n) is 4.10. The number of hydrogen-bond acceptors (Lipinski definition) is 0. The first kappa shape index (κ1) is 8.91. The van der Waals surface area contributed by atoms with Crippen molar-refractivity contribution in [3.05, 3.63) is 0 Å². The van der Waals surface area contributed by atoms with Gasteiger partial charge in [-0.3, -0.25) is 0 Å². The lowest BCUT2D eigenvalue weighted by Crippen LogP contribution is -2.24. The molecule has 0 aliphatic heterocycles. The van der Waals surface area contributed by atoms with Crippen molar-refractivity contribution in [2.45, 2.75) is 38.0 Å². The summed E-state index contributed by atoms with van der Waals surface area (Å²) in [6.45, 7) is -0.115. The van der Waals surface area contributed by atoms with E-state index in [9.17, 15) is 13.9 Å². The van der Waals surface area contributed by atoms with Gasteiger partial charge in [0.15, 0.2) is 0 Å². The van der Waals surface area contributed by atoms with Crippen LogP contribution in [-0.4, -0.2) is 12.5 Å². The minimum atomic E-state index is -2.45. The summed E-state index contributed by atoms with van der Waals surface area (Å²) in [7, 11) is 0. The Hall–Kier alpha value is -0.180. The Kier molecular flexibility index (Phi) is 2.82. The van der Waals surface area contributed by atoms with Crippen LogP contribution in [0.3, 0.4) is 0 Å². The van der Waals surface area contributed by atoms with Gasteiger partial charge in [-0.1, -0.05) is 0 Å². The van der Waals surface area contributed by atoms with Crippen LogP contribution < -0.4 is 0 Å². The second-order valence-electron chi connectivity index (χ2n) is 3.29. The molecule has 1 aliphatic carbocycles. The average molecular weight is 163 g/mol. The molecule has 1 aliphatic rings. The molecule has 1 fully saturated rings. The van der Waals surface area contributed by atoms with Crippen molar-refractivity contribution in [3.63, 3.8) is 0 Å².